The molecule has 9 nitrogen and oxygen atoms in total. The molecule has 0 spiro atoms. The lowest BCUT2D eigenvalue weighted by molar-refractivity contribution is -0.137. The lowest BCUT2D eigenvalue weighted by atomic mass is 10.1. The van der Waals surface area contributed by atoms with Crippen molar-refractivity contribution in [2.75, 3.05) is 29.9 Å². The molecule has 1 fully saturated rings. The van der Waals surface area contributed by atoms with Crippen LogP contribution in [-0.4, -0.2) is 53.4 Å². The second kappa shape index (κ2) is 12.9. The van der Waals surface area contributed by atoms with Crippen LogP contribution in [0.1, 0.15) is 24.0 Å². The average Bonchev–Trinajstić information content (AvgIpc) is 3.39. The molecule has 0 aliphatic carbocycles. The number of nitrogens with one attached hydrogen (secondary N) is 2. The van der Waals surface area contributed by atoms with E-state index in [1.165, 1.54) is 23.2 Å². The van der Waals surface area contributed by atoms with Crippen LogP contribution >= 0.6 is 0 Å². The highest BCUT2D eigenvalue weighted by atomic mass is 19.4. The first-order valence-corrected chi connectivity index (χ1v) is 13.7. The molecule has 1 aliphatic heterocycles. The van der Waals surface area contributed by atoms with Gasteiger partial charge in [-0.15, -0.1) is 0 Å². The van der Waals surface area contributed by atoms with Crippen LogP contribution < -0.4 is 20.8 Å². The largest absolute Gasteiger partial charge is 0.493 e. The summed E-state index contributed by atoms with van der Waals surface area (Å²) in [5.74, 6) is 1.57. The third-order valence-corrected chi connectivity index (χ3v) is 7.15. The van der Waals surface area contributed by atoms with Gasteiger partial charge in [-0.3, -0.25) is 9.79 Å². The minimum atomic E-state index is -4.40. The van der Waals surface area contributed by atoms with E-state index in [4.69, 9.17) is 10.6 Å². The van der Waals surface area contributed by atoms with E-state index in [1.54, 1.807) is 24.4 Å². The molecule has 0 radical (unpaired) electrons. The Labute approximate surface area is 252 Å². The molecule has 2 aromatic heterocycles. The maximum Gasteiger partial charge on any atom is 0.416 e. The number of ether oxygens (including phenoxy) is 1. The fourth-order valence-corrected chi connectivity index (χ4v) is 4.68. The van der Waals surface area contributed by atoms with Crippen LogP contribution in [0.25, 0.3) is 10.9 Å². The van der Waals surface area contributed by atoms with Crippen LogP contribution in [0.3, 0.4) is 0 Å². The molecule has 0 atom stereocenters. The number of fused-ring (bicyclic) bond motifs is 1. The number of nitrogens with two attached hydrogens (primary N) is 1. The number of H-pyrrole nitrogens is 1. The molecule has 1 saturated heterocycles. The van der Waals surface area contributed by atoms with E-state index in [2.05, 4.69) is 25.4 Å². The molecule has 15 heteroatoms. The highest BCUT2D eigenvalue weighted by Gasteiger charge is 2.35. The SMILES string of the molecule is NN=C(C=Nc1cnc(N2CCC(F)(F)CC2)c(F)c1)C(=O)Nc1c[nH]c2ccc(OCCc3ccc(C(F)(F)F)cc3)cc12. The van der Waals surface area contributed by atoms with Crippen LogP contribution in [-0.2, 0) is 17.4 Å². The first kappa shape index (κ1) is 31.3. The van der Waals surface area contributed by atoms with Crippen LogP contribution in [0.5, 0.6) is 5.75 Å². The zero-order valence-corrected chi connectivity index (χ0v) is 23.5. The van der Waals surface area contributed by atoms with Crippen molar-refractivity contribution >= 4 is 45.9 Å². The minimum absolute atomic E-state index is 0.0339. The molecule has 4 N–H and O–H groups in total. The number of hydrazone groups is 1. The van der Waals surface area contributed by atoms with Crippen molar-refractivity contribution < 1.29 is 35.9 Å². The van der Waals surface area contributed by atoms with Crippen molar-refractivity contribution in [2.45, 2.75) is 31.4 Å². The lowest BCUT2D eigenvalue weighted by Crippen LogP contribution is -2.40. The minimum Gasteiger partial charge on any atom is -0.493 e. The van der Waals surface area contributed by atoms with Crippen molar-refractivity contribution in [3.05, 3.63) is 77.9 Å². The zero-order valence-electron chi connectivity index (χ0n) is 23.5. The number of aromatic nitrogens is 2. The van der Waals surface area contributed by atoms with Gasteiger partial charge in [0.05, 0.1) is 36.0 Å². The Hall–Kier alpha value is -5.08. The first-order valence-electron chi connectivity index (χ1n) is 13.7. The number of amides is 1. The average molecular weight is 632 g/mol. The monoisotopic (exact) mass is 631 g/mol. The van der Waals surface area contributed by atoms with Crippen LogP contribution in [0.2, 0.25) is 0 Å². The number of piperidine rings is 1. The van der Waals surface area contributed by atoms with Gasteiger partial charge in [-0.2, -0.15) is 18.3 Å². The molecule has 3 heterocycles. The van der Waals surface area contributed by atoms with E-state index >= 15 is 0 Å². The van der Waals surface area contributed by atoms with Crippen molar-refractivity contribution in [3.8, 4) is 5.75 Å². The molecule has 236 valence electrons. The summed E-state index contributed by atoms with van der Waals surface area (Å²) in [7, 11) is 0. The quantitative estimate of drug-likeness (QED) is 0.0875. The van der Waals surface area contributed by atoms with Gasteiger partial charge in [0.25, 0.3) is 11.8 Å². The molecule has 45 heavy (non-hydrogen) atoms. The maximum absolute atomic E-state index is 14.7. The summed E-state index contributed by atoms with van der Waals surface area (Å²) in [5.41, 5.74) is 0.785. The Morgan fingerprint density at radius 1 is 1.13 bits per heavy atom. The fraction of sp³-hybridized carbons (Fsp3) is 0.267. The second-order valence-electron chi connectivity index (χ2n) is 10.3. The third-order valence-electron chi connectivity index (χ3n) is 7.15. The molecule has 5 rings (SSSR count). The van der Waals surface area contributed by atoms with E-state index in [0.29, 0.717) is 34.3 Å². The fourth-order valence-electron chi connectivity index (χ4n) is 4.68. The van der Waals surface area contributed by atoms with Gasteiger partial charge in [-0.25, -0.2) is 18.2 Å². The number of carbonyl (C=O) groups excluding carboxylic acids is 1. The smallest absolute Gasteiger partial charge is 0.416 e. The molecule has 1 amide bonds. The Morgan fingerprint density at radius 3 is 2.53 bits per heavy atom. The summed E-state index contributed by atoms with van der Waals surface area (Å²) in [4.78, 5) is 25.4. The topological polar surface area (TPSA) is 121 Å². The van der Waals surface area contributed by atoms with Gasteiger partial charge in [-0.05, 0) is 35.9 Å². The summed E-state index contributed by atoms with van der Waals surface area (Å²) in [6.07, 6.45) is -0.978. The van der Waals surface area contributed by atoms with Crippen molar-refractivity contribution in [1.82, 2.24) is 9.97 Å². The van der Waals surface area contributed by atoms with E-state index < -0.39 is 42.2 Å². The first-order chi connectivity index (χ1) is 21.4. The zero-order chi connectivity index (χ0) is 32.2. The van der Waals surface area contributed by atoms with Gasteiger partial charge < -0.3 is 25.8 Å². The standard InChI is InChI=1S/C30H27F6N7O2/c31-23-13-20(15-40-27(23)43-10-8-29(32,33)9-11-43)38-17-26(42-37)28(44)41-25-16-39-24-6-5-21(14-22(24)25)45-12-7-18-1-3-19(4-2-18)30(34,35)36/h1-6,13-17,39H,7-12,37H2,(H,41,44). The number of alkyl halides is 5. The Balaban J connectivity index is 1.19. The molecular weight excluding hydrogens is 604 g/mol. The number of aromatic amines is 1. The van der Waals surface area contributed by atoms with Crippen molar-refractivity contribution in [2.24, 2.45) is 15.9 Å². The number of benzene rings is 2. The van der Waals surface area contributed by atoms with Crippen LogP contribution in [0, 0.1) is 5.82 Å². The molecule has 2 aromatic carbocycles. The van der Waals surface area contributed by atoms with Gasteiger partial charge in [0.1, 0.15) is 5.75 Å². The number of rotatable bonds is 9. The summed E-state index contributed by atoms with van der Waals surface area (Å²) >= 11 is 0. The normalized spacial score (nSPS) is 15.5. The number of nitrogens with zero attached hydrogens (tertiary/aromatic N) is 4. The Kier molecular flexibility index (Phi) is 8.97. The van der Waals surface area contributed by atoms with Gasteiger partial charge in [-0.1, -0.05) is 12.1 Å². The number of anilines is 2. The van der Waals surface area contributed by atoms with E-state index in [0.717, 1.165) is 24.4 Å². The molecule has 0 saturated carbocycles. The predicted molar refractivity (Wildman–Crippen MR) is 158 cm³/mol. The highest BCUT2D eigenvalue weighted by Crippen LogP contribution is 2.32. The number of hydrogen-bond donors (Lipinski definition) is 3. The predicted octanol–water partition coefficient (Wildman–Crippen LogP) is 6.23. The summed E-state index contributed by atoms with van der Waals surface area (Å²) < 4.78 is 85.7. The Morgan fingerprint density at radius 2 is 1.87 bits per heavy atom. The van der Waals surface area contributed by atoms with Gasteiger partial charge in [0, 0.05) is 55.5 Å². The number of aliphatic imine (C=N–C) groups is 1. The third kappa shape index (κ3) is 7.72. The highest BCUT2D eigenvalue weighted by molar-refractivity contribution is 6.63. The Bertz CT molecular complexity index is 1730. The second-order valence-corrected chi connectivity index (χ2v) is 10.3. The van der Waals surface area contributed by atoms with Crippen molar-refractivity contribution in [1.29, 1.82) is 0 Å². The van der Waals surface area contributed by atoms with Gasteiger partial charge in [0.15, 0.2) is 17.3 Å². The number of pyridine rings is 1. The lowest BCUT2D eigenvalue weighted by Gasteiger charge is -2.32. The van der Waals surface area contributed by atoms with E-state index in [9.17, 15) is 31.1 Å². The number of halogens is 6. The van der Waals surface area contributed by atoms with Crippen molar-refractivity contribution in [3.63, 3.8) is 0 Å². The molecule has 1 aliphatic rings. The molecule has 4 aromatic rings. The van der Waals surface area contributed by atoms with Gasteiger partial charge in [0.2, 0.25) is 0 Å². The summed E-state index contributed by atoms with van der Waals surface area (Å²) in [6, 6.07) is 11.0. The summed E-state index contributed by atoms with van der Waals surface area (Å²) in [5, 5.41) is 6.73. The molecule has 0 unspecified atom stereocenters. The molecular formula is C30H27F6N7O2. The molecule has 0 bridgehead atoms. The summed E-state index contributed by atoms with van der Waals surface area (Å²) in [6.45, 7) is 0.135. The van der Waals surface area contributed by atoms with Gasteiger partial charge >= 0.3 is 6.18 Å². The van der Waals surface area contributed by atoms with E-state index in [1.807, 2.05) is 0 Å². The van der Waals surface area contributed by atoms with Crippen LogP contribution in [0.4, 0.5) is 43.5 Å². The van der Waals surface area contributed by atoms with Crippen LogP contribution in [0.15, 0.2) is 71.0 Å². The maximum atomic E-state index is 14.7. The van der Waals surface area contributed by atoms with E-state index in [-0.39, 0.29) is 36.9 Å². The number of hydrogen-bond acceptors (Lipinski definition) is 7. The number of carbonyl (C=O) groups is 1.